The van der Waals surface area contributed by atoms with Gasteiger partial charge in [0, 0.05) is 30.6 Å². The maximum atomic E-state index is 11.5. The molecule has 1 aromatic carbocycles. The number of benzene rings is 1. The maximum Gasteiger partial charge on any atom is 0.220 e. The maximum absolute atomic E-state index is 11.5. The average Bonchev–Trinajstić information content (AvgIpc) is 3.33. The van der Waals surface area contributed by atoms with Crippen LogP contribution in [0.5, 0.6) is 5.75 Å². The number of carbonyl (C=O) groups excluding carboxylic acids is 1. The first-order valence-electron chi connectivity index (χ1n) is 9.17. The fourth-order valence-electron chi connectivity index (χ4n) is 3.29. The molecule has 1 aliphatic heterocycles. The molecule has 1 N–H and O–H groups in total. The summed E-state index contributed by atoms with van der Waals surface area (Å²) in [7, 11) is 0. The Morgan fingerprint density at radius 3 is 2.81 bits per heavy atom. The van der Waals surface area contributed by atoms with E-state index in [1.54, 1.807) is 11.3 Å². The van der Waals surface area contributed by atoms with Crippen molar-refractivity contribution in [2.45, 2.75) is 45.8 Å². The molecule has 1 amide bonds. The smallest absolute Gasteiger partial charge is 0.220 e. The Labute approximate surface area is 162 Å². The van der Waals surface area contributed by atoms with E-state index in [4.69, 9.17) is 4.74 Å². The lowest BCUT2D eigenvalue weighted by Crippen LogP contribution is -2.25. The van der Waals surface area contributed by atoms with Crippen LogP contribution in [0.1, 0.15) is 34.1 Å². The molecule has 0 aliphatic carbocycles. The molecule has 1 aliphatic rings. The summed E-state index contributed by atoms with van der Waals surface area (Å²) in [5.74, 6) is 1.11. The predicted octanol–water partition coefficient (Wildman–Crippen LogP) is 3.82. The third-order valence-electron chi connectivity index (χ3n) is 4.99. The second kappa shape index (κ2) is 6.64. The molecule has 7 heteroatoms. The first kappa shape index (κ1) is 18.0. The van der Waals surface area contributed by atoms with Crippen LogP contribution in [0.3, 0.4) is 0 Å². The van der Waals surface area contributed by atoms with Crippen LogP contribution in [0.2, 0.25) is 0 Å². The number of thiazole rings is 1. The van der Waals surface area contributed by atoms with E-state index in [9.17, 15) is 4.79 Å². The largest absolute Gasteiger partial charge is 0.489 e. The number of ether oxygens (including phenoxy) is 1. The van der Waals surface area contributed by atoms with Gasteiger partial charge in [0.05, 0.1) is 27.5 Å². The molecule has 0 bridgehead atoms. The van der Waals surface area contributed by atoms with E-state index in [-0.39, 0.29) is 23.5 Å². The quantitative estimate of drug-likeness (QED) is 0.742. The molecule has 0 saturated carbocycles. The standard InChI is InChI=1S/C20H24N4O2S/c1-12(14-7-18(25)21-8-14)26-17-6-13(5-16-19(17)27-11-22-16)15-9-23-24(10-15)20(2,3)4/h5-6,9-12,14H,7-8H2,1-4H3,(H,21,25)/t12-,14-/m0/s1. The van der Waals surface area contributed by atoms with Gasteiger partial charge in [0.15, 0.2) is 0 Å². The number of aromatic nitrogens is 3. The zero-order valence-corrected chi connectivity index (χ0v) is 16.8. The van der Waals surface area contributed by atoms with Crippen LogP contribution in [0, 0.1) is 5.92 Å². The molecular weight excluding hydrogens is 360 g/mol. The van der Waals surface area contributed by atoms with E-state index in [2.05, 4.69) is 54.5 Å². The number of rotatable bonds is 4. The fraction of sp³-hybridized carbons (Fsp3) is 0.450. The Morgan fingerprint density at radius 1 is 1.33 bits per heavy atom. The highest BCUT2D eigenvalue weighted by molar-refractivity contribution is 7.17. The van der Waals surface area contributed by atoms with Crippen molar-refractivity contribution < 1.29 is 9.53 Å². The first-order valence-corrected chi connectivity index (χ1v) is 10.1. The van der Waals surface area contributed by atoms with Crippen LogP contribution in [-0.2, 0) is 10.3 Å². The molecule has 3 aromatic rings. The Kier molecular flexibility index (Phi) is 4.42. The van der Waals surface area contributed by atoms with Crippen molar-refractivity contribution in [3.05, 3.63) is 30.0 Å². The number of fused-ring (bicyclic) bond motifs is 1. The van der Waals surface area contributed by atoms with E-state index in [0.717, 1.165) is 27.1 Å². The Bertz CT molecular complexity index is 985. The lowest BCUT2D eigenvalue weighted by Gasteiger charge is -2.20. The number of carbonyl (C=O) groups is 1. The van der Waals surface area contributed by atoms with Gasteiger partial charge in [0.25, 0.3) is 0 Å². The van der Waals surface area contributed by atoms with Crippen LogP contribution in [0.4, 0.5) is 0 Å². The third-order valence-corrected chi connectivity index (χ3v) is 5.84. The molecule has 0 radical (unpaired) electrons. The minimum absolute atomic E-state index is 0.0539. The Balaban J connectivity index is 1.67. The predicted molar refractivity (Wildman–Crippen MR) is 107 cm³/mol. The molecule has 3 heterocycles. The van der Waals surface area contributed by atoms with Crippen molar-refractivity contribution in [3.8, 4) is 16.9 Å². The van der Waals surface area contributed by atoms with Gasteiger partial charge in [-0.25, -0.2) is 4.98 Å². The molecule has 2 atom stereocenters. The zero-order valence-electron chi connectivity index (χ0n) is 16.0. The van der Waals surface area contributed by atoms with Gasteiger partial charge in [-0.3, -0.25) is 9.48 Å². The van der Waals surface area contributed by atoms with Crippen molar-refractivity contribution in [1.82, 2.24) is 20.1 Å². The van der Waals surface area contributed by atoms with E-state index >= 15 is 0 Å². The first-order chi connectivity index (χ1) is 12.8. The number of hydrogen-bond acceptors (Lipinski definition) is 5. The van der Waals surface area contributed by atoms with Crippen molar-refractivity contribution in [3.63, 3.8) is 0 Å². The number of nitrogens with one attached hydrogen (secondary N) is 1. The summed E-state index contributed by atoms with van der Waals surface area (Å²) in [6.45, 7) is 9.08. The number of amides is 1. The molecule has 6 nitrogen and oxygen atoms in total. The minimum Gasteiger partial charge on any atom is -0.489 e. The van der Waals surface area contributed by atoms with E-state index in [0.29, 0.717) is 13.0 Å². The highest BCUT2D eigenvalue weighted by Crippen LogP contribution is 2.36. The van der Waals surface area contributed by atoms with Gasteiger partial charge in [-0.1, -0.05) is 0 Å². The van der Waals surface area contributed by atoms with Gasteiger partial charge < -0.3 is 10.1 Å². The fourth-order valence-corrected chi connectivity index (χ4v) is 4.01. The molecule has 142 valence electrons. The summed E-state index contributed by atoms with van der Waals surface area (Å²) in [4.78, 5) is 16.0. The van der Waals surface area contributed by atoms with Crippen molar-refractivity contribution in [2.24, 2.45) is 5.92 Å². The van der Waals surface area contributed by atoms with Gasteiger partial charge in [0.2, 0.25) is 5.91 Å². The molecule has 27 heavy (non-hydrogen) atoms. The molecule has 1 fully saturated rings. The van der Waals surface area contributed by atoms with Crippen molar-refractivity contribution in [1.29, 1.82) is 0 Å². The van der Waals surface area contributed by atoms with Crippen LogP contribution >= 0.6 is 11.3 Å². The Morgan fingerprint density at radius 2 is 2.15 bits per heavy atom. The van der Waals surface area contributed by atoms with Gasteiger partial charge in [-0.2, -0.15) is 5.10 Å². The highest BCUT2D eigenvalue weighted by atomic mass is 32.1. The average molecular weight is 385 g/mol. The molecule has 1 saturated heterocycles. The lowest BCUT2D eigenvalue weighted by molar-refractivity contribution is -0.119. The SMILES string of the molecule is C[C@H](Oc1cc(-c2cnn(C(C)(C)C)c2)cc2ncsc12)[C@@H]1CNC(=O)C1. The van der Waals surface area contributed by atoms with Gasteiger partial charge in [0.1, 0.15) is 11.9 Å². The van der Waals surface area contributed by atoms with Crippen LogP contribution in [0.25, 0.3) is 21.3 Å². The number of hydrogen-bond donors (Lipinski definition) is 1. The summed E-state index contributed by atoms with van der Waals surface area (Å²) < 4.78 is 9.30. The van der Waals surface area contributed by atoms with Gasteiger partial charge in [-0.15, -0.1) is 11.3 Å². The second-order valence-electron chi connectivity index (χ2n) is 8.11. The highest BCUT2D eigenvalue weighted by Gasteiger charge is 2.28. The summed E-state index contributed by atoms with van der Waals surface area (Å²) >= 11 is 1.57. The zero-order chi connectivity index (χ0) is 19.2. The minimum atomic E-state index is -0.0706. The van der Waals surface area contributed by atoms with E-state index in [1.165, 1.54) is 0 Å². The molecular formula is C20H24N4O2S. The number of nitrogens with zero attached hydrogens (tertiary/aromatic N) is 3. The second-order valence-corrected chi connectivity index (χ2v) is 8.97. The topological polar surface area (TPSA) is 69.0 Å². The lowest BCUT2D eigenvalue weighted by atomic mass is 10.0. The van der Waals surface area contributed by atoms with Crippen LogP contribution in [0.15, 0.2) is 30.0 Å². The third kappa shape index (κ3) is 3.56. The van der Waals surface area contributed by atoms with Crippen LogP contribution < -0.4 is 10.1 Å². The van der Waals surface area contributed by atoms with Gasteiger partial charge in [-0.05, 0) is 45.4 Å². The summed E-state index contributed by atoms with van der Waals surface area (Å²) in [5, 5.41) is 7.39. The Hall–Kier alpha value is -2.41. The molecule has 4 rings (SSSR count). The molecule has 0 unspecified atom stereocenters. The van der Waals surface area contributed by atoms with Crippen LogP contribution in [-0.4, -0.2) is 33.3 Å². The van der Waals surface area contributed by atoms with Crippen molar-refractivity contribution in [2.75, 3.05) is 6.54 Å². The van der Waals surface area contributed by atoms with Gasteiger partial charge >= 0.3 is 0 Å². The summed E-state index contributed by atoms with van der Waals surface area (Å²) in [6, 6.07) is 4.14. The normalized spacial score (nSPS) is 18.7. The summed E-state index contributed by atoms with van der Waals surface area (Å²) in [5.41, 5.74) is 4.76. The molecule has 2 aromatic heterocycles. The van der Waals surface area contributed by atoms with E-state index < -0.39 is 0 Å². The monoisotopic (exact) mass is 384 g/mol. The summed E-state index contributed by atoms with van der Waals surface area (Å²) in [6.07, 6.45) is 4.40. The molecule has 0 spiro atoms. The van der Waals surface area contributed by atoms with E-state index in [1.807, 2.05) is 23.3 Å². The van der Waals surface area contributed by atoms with Crippen molar-refractivity contribution >= 4 is 27.5 Å².